The molecular weight excluding hydrogens is 248 g/mol. The van der Waals surface area contributed by atoms with E-state index in [4.69, 9.17) is 0 Å². The lowest BCUT2D eigenvalue weighted by molar-refractivity contribution is -0.121. The lowest BCUT2D eigenvalue weighted by atomic mass is 10.1. The number of nitrogens with one attached hydrogen (secondary N) is 2. The number of hydrogen-bond donors (Lipinski definition) is 2. The summed E-state index contributed by atoms with van der Waals surface area (Å²) in [5, 5.41) is 4.75. The molecule has 2 rings (SSSR count). The Hall–Kier alpha value is -2.50. The summed E-state index contributed by atoms with van der Waals surface area (Å²) < 4.78 is 0. The van der Waals surface area contributed by atoms with E-state index in [-0.39, 0.29) is 30.1 Å². The van der Waals surface area contributed by atoms with Crippen molar-refractivity contribution in [2.75, 3.05) is 5.32 Å². The normalized spacial score (nSPS) is 12.9. The number of fused-ring (bicyclic) bond motifs is 1. The molecule has 6 heteroatoms. The Kier molecular flexibility index (Phi) is 3.41. The summed E-state index contributed by atoms with van der Waals surface area (Å²) >= 11 is 0. The van der Waals surface area contributed by atoms with E-state index in [1.54, 1.807) is 6.07 Å². The molecule has 1 heterocycles. The number of amides is 3. The molecular formula is C13H12N2O4. The minimum Gasteiger partial charge on any atom is -0.326 e. The molecule has 0 bridgehead atoms. The van der Waals surface area contributed by atoms with Gasteiger partial charge in [-0.1, -0.05) is 0 Å². The van der Waals surface area contributed by atoms with Crippen molar-refractivity contribution < 1.29 is 19.2 Å². The summed E-state index contributed by atoms with van der Waals surface area (Å²) in [5.41, 5.74) is 0.971. The Morgan fingerprint density at radius 1 is 1.11 bits per heavy atom. The third kappa shape index (κ3) is 2.85. The summed E-state index contributed by atoms with van der Waals surface area (Å²) in [6, 6.07) is 4.47. The van der Waals surface area contributed by atoms with E-state index in [0.717, 1.165) is 0 Å². The van der Waals surface area contributed by atoms with E-state index in [0.29, 0.717) is 11.3 Å². The topological polar surface area (TPSA) is 92.3 Å². The standard InChI is InChI=1S/C13H12N2O4/c1-7(16)2-5-11(17)14-8-3-4-9-10(6-8)13(19)15-12(9)18/h3-4,6H,2,5H2,1H3,(H,14,17)(H,15,18,19). The zero-order valence-corrected chi connectivity index (χ0v) is 10.3. The van der Waals surface area contributed by atoms with Crippen LogP contribution in [0.4, 0.5) is 5.69 Å². The molecule has 0 saturated carbocycles. The number of rotatable bonds is 4. The van der Waals surface area contributed by atoms with Crippen molar-refractivity contribution in [1.29, 1.82) is 0 Å². The van der Waals surface area contributed by atoms with Crippen molar-refractivity contribution >= 4 is 29.2 Å². The number of carbonyl (C=O) groups is 4. The molecule has 98 valence electrons. The third-order valence-electron chi connectivity index (χ3n) is 2.72. The smallest absolute Gasteiger partial charge is 0.259 e. The van der Waals surface area contributed by atoms with Crippen LogP contribution >= 0.6 is 0 Å². The molecule has 1 aromatic carbocycles. The molecule has 0 aromatic heterocycles. The van der Waals surface area contributed by atoms with Crippen LogP contribution in [0.1, 0.15) is 40.5 Å². The molecule has 19 heavy (non-hydrogen) atoms. The van der Waals surface area contributed by atoms with Crippen LogP contribution < -0.4 is 10.6 Å². The molecule has 1 aromatic rings. The Morgan fingerprint density at radius 2 is 1.79 bits per heavy atom. The van der Waals surface area contributed by atoms with Crippen molar-refractivity contribution in [2.45, 2.75) is 19.8 Å². The van der Waals surface area contributed by atoms with Crippen LogP contribution in [-0.2, 0) is 9.59 Å². The summed E-state index contributed by atoms with van der Waals surface area (Å²) in [6.07, 6.45) is 0.271. The van der Waals surface area contributed by atoms with Gasteiger partial charge in [-0.2, -0.15) is 0 Å². The number of anilines is 1. The van der Waals surface area contributed by atoms with Crippen LogP contribution in [0.5, 0.6) is 0 Å². The summed E-state index contributed by atoms with van der Waals surface area (Å²) in [5.74, 6) is -1.27. The van der Waals surface area contributed by atoms with Crippen LogP contribution in [0, 0.1) is 0 Å². The highest BCUT2D eigenvalue weighted by atomic mass is 16.2. The average molecular weight is 260 g/mol. The Labute approximate surface area is 109 Å². The van der Waals surface area contributed by atoms with Crippen LogP contribution in [-0.4, -0.2) is 23.5 Å². The van der Waals surface area contributed by atoms with Crippen LogP contribution in [0.25, 0.3) is 0 Å². The van der Waals surface area contributed by atoms with E-state index in [1.807, 2.05) is 0 Å². The van der Waals surface area contributed by atoms with Crippen LogP contribution in [0.2, 0.25) is 0 Å². The first-order valence-corrected chi connectivity index (χ1v) is 5.76. The Bertz CT molecular complexity index is 592. The second-order valence-corrected chi connectivity index (χ2v) is 4.29. The van der Waals surface area contributed by atoms with Gasteiger partial charge < -0.3 is 10.1 Å². The number of hydrogen-bond acceptors (Lipinski definition) is 4. The monoisotopic (exact) mass is 260 g/mol. The first-order chi connectivity index (χ1) is 8.97. The zero-order valence-electron chi connectivity index (χ0n) is 10.3. The molecule has 6 nitrogen and oxygen atoms in total. The van der Waals surface area contributed by atoms with Gasteiger partial charge in [0.2, 0.25) is 5.91 Å². The van der Waals surface area contributed by atoms with E-state index < -0.39 is 11.8 Å². The van der Waals surface area contributed by atoms with Crippen molar-refractivity contribution in [3.05, 3.63) is 29.3 Å². The zero-order chi connectivity index (χ0) is 14.0. The average Bonchev–Trinajstić information content (AvgIpc) is 2.62. The minimum absolute atomic E-state index is 0.0610. The number of carbonyl (C=O) groups excluding carboxylic acids is 4. The maximum atomic E-state index is 11.5. The van der Waals surface area contributed by atoms with Gasteiger partial charge >= 0.3 is 0 Å². The van der Waals surface area contributed by atoms with Gasteiger partial charge in [-0.15, -0.1) is 0 Å². The molecule has 0 aliphatic carbocycles. The van der Waals surface area contributed by atoms with E-state index in [2.05, 4.69) is 10.6 Å². The fourth-order valence-electron chi connectivity index (χ4n) is 1.76. The predicted octanol–water partition coefficient (Wildman–Crippen LogP) is 0.878. The van der Waals surface area contributed by atoms with Gasteiger partial charge in [0.1, 0.15) is 5.78 Å². The predicted molar refractivity (Wildman–Crippen MR) is 66.8 cm³/mol. The molecule has 0 radical (unpaired) electrons. The molecule has 0 fully saturated rings. The SMILES string of the molecule is CC(=O)CCC(=O)Nc1ccc2c(c1)C(=O)NC2=O. The van der Waals surface area contributed by atoms with Gasteiger partial charge in [-0.3, -0.25) is 19.7 Å². The van der Waals surface area contributed by atoms with Gasteiger partial charge in [0.15, 0.2) is 0 Å². The molecule has 0 saturated heterocycles. The fraction of sp³-hybridized carbons (Fsp3) is 0.231. The fourth-order valence-corrected chi connectivity index (χ4v) is 1.76. The maximum absolute atomic E-state index is 11.5. The van der Waals surface area contributed by atoms with Crippen molar-refractivity contribution in [2.24, 2.45) is 0 Å². The van der Waals surface area contributed by atoms with E-state index in [1.165, 1.54) is 19.1 Å². The molecule has 0 spiro atoms. The summed E-state index contributed by atoms with van der Waals surface area (Å²) in [6.45, 7) is 1.42. The van der Waals surface area contributed by atoms with E-state index in [9.17, 15) is 19.2 Å². The Morgan fingerprint density at radius 3 is 2.47 bits per heavy atom. The minimum atomic E-state index is -0.472. The second kappa shape index (κ2) is 5.01. The van der Waals surface area contributed by atoms with Crippen LogP contribution in [0.3, 0.4) is 0 Å². The number of ketones is 1. The summed E-state index contributed by atoms with van der Waals surface area (Å²) in [7, 11) is 0. The van der Waals surface area contributed by atoms with Gasteiger partial charge in [-0.25, -0.2) is 0 Å². The summed E-state index contributed by atoms with van der Waals surface area (Å²) in [4.78, 5) is 45.1. The highest BCUT2D eigenvalue weighted by Crippen LogP contribution is 2.20. The van der Waals surface area contributed by atoms with E-state index >= 15 is 0 Å². The molecule has 1 aliphatic heterocycles. The first kappa shape index (κ1) is 12.9. The number of Topliss-reactive ketones (excluding diaryl/α,β-unsaturated/α-hetero) is 1. The molecule has 3 amide bonds. The lowest BCUT2D eigenvalue weighted by Gasteiger charge is -2.05. The Balaban J connectivity index is 2.09. The maximum Gasteiger partial charge on any atom is 0.259 e. The molecule has 1 aliphatic rings. The first-order valence-electron chi connectivity index (χ1n) is 5.76. The highest BCUT2D eigenvalue weighted by Gasteiger charge is 2.26. The largest absolute Gasteiger partial charge is 0.326 e. The third-order valence-corrected chi connectivity index (χ3v) is 2.72. The molecule has 0 atom stereocenters. The van der Waals surface area contributed by atoms with Crippen molar-refractivity contribution in [3.8, 4) is 0 Å². The molecule has 0 unspecified atom stereocenters. The van der Waals surface area contributed by atoms with Gasteiger partial charge in [0.05, 0.1) is 11.1 Å². The number of imide groups is 1. The highest BCUT2D eigenvalue weighted by molar-refractivity contribution is 6.22. The quantitative estimate of drug-likeness (QED) is 0.786. The van der Waals surface area contributed by atoms with Crippen LogP contribution in [0.15, 0.2) is 18.2 Å². The second-order valence-electron chi connectivity index (χ2n) is 4.29. The van der Waals surface area contributed by atoms with Crippen molar-refractivity contribution in [1.82, 2.24) is 5.32 Å². The van der Waals surface area contributed by atoms with Gasteiger partial charge in [-0.05, 0) is 25.1 Å². The van der Waals surface area contributed by atoms with Gasteiger partial charge in [0.25, 0.3) is 11.8 Å². The molecule has 2 N–H and O–H groups in total. The lowest BCUT2D eigenvalue weighted by Crippen LogP contribution is -2.19. The number of benzene rings is 1. The van der Waals surface area contributed by atoms with Gasteiger partial charge in [0, 0.05) is 18.5 Å². The van der Waals surface area contributed by atoms with Crippen molar-refractivity contribution in [3.63, 3.8) is 0 Å².